The highest BCUT2D eigenvalue weighted by atomic mass is 35.5. The largest absolute Gasteiger partial charge is 0.372 e. The van der Waals surface area contributed by atoms with Gasteiger partial charge >= 0.3 is 0 Å². The first-order valence-electron chi connectivity index (χ1n) is 4.02. The zero-order chi connectivity index (χ0) is 8.55. The van der Waals surface area contributed by atoms with Crippen molar-refractivity contribution in [3.8, 4) is 0 Å². The van der Waals surface area contributed by atoms with Crippen molar-refractivity contribution < 1.29 is 0 Å². The fraction of sp³-hybridized carbons (Fsp3) is 0.333. The van der Waals surface area contributed by atoms with Crippen LogP contribution in [0.2, 0.25) is 5.02 Å². The number of hydrogen-bond acceptors (Lipinski definition) is 2. The van der Waals surface area contributed by atoms with Crippen molar-refractivity contribution in [2.75, 3.05) is 5.32 Å². The summed E-state index contributed by atoms with van der Waals surface area (Å²) < 4.78 is 0. The summed E-state index contributed by atoms with van der Waals surface area (Å²) in [5, 5.41) is 4.73. The number of hydrogen-bond donors (Lipinski definition) is 1. The normalized spacial score (nSPS) is 20.3. The molecule has 12 heavy (non-hydrogen) atoms. The Morgan fingerprint density at radius 2 is 2.42 bits per heavy atom. The van der Waals surface area contributed by atoms with Crippen LogP contribution in [-0.2, 0) is 0 Å². The Labute approximate surface area is 81.5 Å². The molecule has 1 aliphatic rings. The van der Waals surface area contributed by atoms with Gasteiger partial charge in [-0.15, -0.1) is 0 Å². The van der Waals surface area contributed by atoms with Crippen LogP contribution in [0.25, 0.3) is 0 Å². The van der Waals surface area contributed by atoms with Crippen LogP contribution in [0, 0.1) is 0 Å². The van der Waals surface area contributed by atoms with Gasteiger partial charge < -0.3 is 5.32 Å². The van der Waals surface area contributed by atoms with E-state index in [1.54, 1.807) is 0 Å². The smallest absolute Gasteiger partial charge is 0.0767 e. The van der Waals surface area contributed by atoms with Crippen molar-refractivity contribution in [1.29, 1.82) is 0 Å². The molecule has 0 amide bonds. The van der Waals surface area contributed by atoms with Gasteiger partial charge in [-0.1, -0.05) is 30.3 Å². The Morgan fingerprint density at radius 1 is 1.58 bits per heavy atom. The summed E-state index contributed by atoms with van der Waals surface area (Å²) >= 11 is 7.74. The standard InChI is InChI=1S/C9H10ClNS/c1-2-9-11-7-5-6(10)3-4-8(7)12-9/h3-5,9,11H,2H2,1H3. The second-order valence-electron chi connectivity index (χ2n) is 2.80. The van der Waals surface area contributed by atoms with Crippen LogP contribution in [0.5, 0.6) is 0 Å². The Morgan fingerprint density at radius 3 is 3.17 bits per heavy atom. The molecule has 1 atom stereocenters. The minimum Gasteiger partial charge on any atom is -0.372 e. The van der Waals surface area contributed by atoms with Gasteiger partial charge in [0.2, 0.25) is 0 Å². The molecule has 0 spiro atoms. The Hall–Kier alpha value is -0.340. The van der Waals surface area contributed by atoms with Crippen LogP contribution in [0.15, 0.2) is 23.1 Å². The number of thioether (sulfide) groups is 1. The average molecular weight is 200 g/mol. The SMILES string of the molecule is CCC1Nc2cc(Cl)ccc2S1. The second-order valence-corrected chi connectivity index (χ2v) is 4.48. The summed E-state index contributed by atoms with van der Waals surface area (Å²) in [6, 6.07) is 6.00. The van der Waals surface area contributed by atoms with Crippen LogP contribution >= 0.6 is 23.4 Å². The molecule has 1 unspecified atom stereocenters. The first-order chi connectivity index (χ1) is 5.79. The molecule has 1 N–H and O–H groups in total. The number of rotatable bonds is 1. The van der Waals surface area contributed by atoms with Crippen molar-refractivity contribution >= 4 is 29.1 Å². The first-order valence-corrected chi connectivity index (χ1v) is 5.28. The van der Waals surface area contributed by atoms with Crippen molar-refractivity contribution in [2.45, 2.75) is 23.6 Å². The Bertz CT molecular complexity index is 301. The fourth-order valence-corrected chi connectivity index (χ4v) is 2.48. The molecule has 0 saturated carbocycles. The zero-order valence-electron chi connectivity index (χ0n) is 6.80. The first kappa shape index (κ1) is 8.27. The fourth-order valence-electron chi connectivity index (χ4n) is 1.26. The van der Waals surface area contributed by atoms with Gasteiger partial charge in [0.15, 0.2) is 0 Å². The van der Waals surface area contributed by atoms with Gasteiger partial charge in [-0.3, -0.25) is 0 Å². The second kappa shape index (κ2) is 3.19. The number of nitrogens with one attached hydrogen (secondary N) is 1. The van der Waals surface area contributed by atoms with Gasteiger partial charge in [-0.2, -0.15) is 0 Å². The number of halogens is 1. The highest BCUT2D eigenvalue weighted by molar-refractivity contribution is 8.00. The molecule has 0 bridgehead atoms. The Kier molecular flexibility index (Phi) is 2.20. The third kappa shape index (κ3) is 1.41. The summed E-state index contributed by atoms with van der Waals surface area (Å²) in [5.74, 6) is 0. The van der Waals surface area contributed by atoms with E-state index >= 15 is 0 Å². The van der Waals surface area contributed by atoms with Crippen molar-refractivity contribution in [3.05, 3.63) is 23.2 Å². The van der Waals surface area contributed by atoms with E-state index in [-0.39, 0.29) is 0 Å². The van der Waals surface area contributed by atoms with E-state index in [4.69, 9.17) is 11.6 Å². The monoisotopic (exact) mass is 199 g/mol. The van der Waals surface area contributed by atoms with Crippen LogP contribution < -0.4 is 5.32 Å². The van der Waals surface area contributed by atoms with Gasteiger partial charge in [0.25, 0.3) is 0 Å². The third-order valence-electron chi connectivity index (χ3n) is 1.90. The lowest BCUT2D eigenvalue weighted by Crippen LogP contribution is -2.06. The molecule has 0 radical (unpaired) electrons. The summed E-state index contributed by atoms with van der Waals surface area (Å²) in [4.78, 5) is 1.31. The van der Waals surface area contributed by atoms with E-state index in [1.807, 2.05) is 23.9 Å². The highest BCUT2D eigenvalue weighted by Gasteiger charge is 2.19. The van der Waals surface area contributed by atoms with Gasteiger partial charge in [0.1, 0.15) is 0 Å². The molecule has 1 aromatic carbocycles. The van der Waals surface area contributed by atoms with Gasteiger partial charge in [-0.05, 0) is 24.6 Å². The molecule has 2 rings (SSSR count). The third-order valence-corrected chi connectivity index (χ3v) is 3.48. The molecule has 0 saturated heterocycles. The number of benzene rings is 1. The maximum absolute atomic E-state index is 5.87. The van der Waals surface area contributed by atoms with Crippen molar-refractivity contribution in [1.82, 2.24) is 0 Å². The molecule has 1 aromatic rings. The number of fused-ring (bicyclic) bond motifs is 1. The number of anilines is 1. The topological polar surface area (TPSA) is 12.0 Å². The minimum absolute atomic E-state index is 0.526. The van der Waals surface area contributed by atoms with E-state index in [0.29, 0.717) is 5.37 Å². The molecule has 64 valence electrons. The van der Waals surface area contributed by atoms with E-state index in [0.717, 1.165) is 11.4 Å². The Balaban J connectivity index is 2.30. The van der Waals surface area contributed by atoms with E-state index in [9.17, 15) is 0 Å². The molecule has 1 aliphatic heterocycles. The summed E-state index contributed by atoms with van der Waals surface area (Å²) in [7, 11) is 0. The predicted octanol–water partition coefficient (Wildman–Crippen LogP) is 3.59. The minimum atomic E-state index is 0.526. The average Bonchev–Trinajstić information content (AvgIpc) is 2.46. The van der Waals surface area contributed by atoms with E-state index < -0.39 is 0 Å². The summed E-state index contributed by atoms with van der Waals surface area (Å²) in [6.45, 7) is 2.18. The van der Waals surface area contributed by atoms with Gasteiger partial charge in [-0.25, -0.2) is 0 Å². The van der Waals surface area contributed by atoms with Gasteiger partial charge in [0, 0.05) is 9.92 Å². The molecule has 3 heteroatoms. The summed E-state index contributed by atoms with van der Waals surface area (Å²) in [6.07, 6.45) is 1.14. The highest BCUT2D eigenvalue weighted by Crippen LogP contribution is 2.40. The molecule has 0 aromatic heterocycles. The zero-order valence-corrected chi connectivity index (χ0v) is 8.38. The lowest BCUT2D eigenvalue weighted by atomic mass is 10.3. The quantitative estimate of drug-likeness (QED) is 0.742. The predicted molar refractivity (Wildman–Crippen MR) is 55.0 cm³/mol. The van der Waals surface area contributed by atoms with E-state index in [1.165, 1.54) is 10.6 Å². The van der Waals surface area contributed by atoms with Crippen molar-refractivity contribution in [2.24, 2.45) is 0 Å². The maximum atomic E-state index is 5.87. The van der Waals surface area contributed by atoms with Crippen LogP contribution in [-0.4, -0.2) is 5.37 Å². The van der Waals surface area contributed by atoms with Gasteiger partial charge in [0.05, 0.1) is 11.1 Å². The van der Waals surface area contributed by atoms with Crippen molar-refractivity contribution in [3.63, 3.8) is 0 Å². The molecule has 0 aliphatic carbocycles. The lowest BCUT2D eigenvalue weighted by molar-refractivity contribution is 0.931. The summed E-state index contributed by atoms with van der Waals surface area (Å²) in [5.41, 5.74) is 1.18. The molecular formula is C9H10ClNS. The van der Waals surface area contributed by atoms with E-state index in [2.05, 4.69) is 18.3 Å². The maximum Gasteiger partial charge on any atom is 0.0767 e. The molecule has 1 nitrogen and oxygen atoms in total. The molecule has 1 heterocycles. The molecule has 0 fully saturated rings. The molecular weight excluding hydrogens is 190 g/mol. The van der Waals surface area contributed by atoms with Crippen LogP contribution in [0.3, 0.4) is 0 Å². The van der Waals surface area contributed by atoms with Crippen LogP contribution in [0.4, 0.5) is 5.69 Å². The lowest BCUT2D eigenvalue weighted by Gasteiger charge is -2.04. The van der Waals surface area contributed by atoms with Crippen LogP contribution in [0.1, 0.15) is 13.3 Å².